The minimum atomic E-state index is -4.26. The number of fused-ring (bicyclic) bond motifs is 3. The first-order chi connectivity index (χ1) is 14.4. The number of benzene rings is 3. The molecule has 5 rings (SSSR count). The quantitative estimate of drug-likeness (QED) is 0.301. The molecule has 0 radical (unpaired) electrons. The van der Waals surface area contributed by atoms with Gasteiger partial charge in [-0.1, -0.05) is 0 Å². The monoisotopic (exact) mass is 472 g/mol. The third kappa shape index (κ3) is 3.81. The molecule has 0 amide bonds. The average molecular weight is 473 g/mol. The van der Waals surface area contributed by atoms with E-state index in [9.17, 15) is 0 Å². The van der Waals surface area contributed by atoms with Crippen molar-refractivity contribution in [1.29, 1.82) is 0 Å². The molecule has 0 aliphatic heterocycles. The molecule has 0 aromatic heterocycles. The first kappa shape index (κ1) is 20.8. The number of nitrogens with two attached hydrogens (primary N) is 1. The number of hydrogen-bond donors (Lipinski definition) is 1. The van der Waals surface area contributed by atoms with E-state index in [4.69, 9.17) is 22.8 Å². The van der Waals surface area contributed by atoms with Crippen molar-refractivity contribution >= 4 is 18.6 Å². The summed E-state index contributed by atoms with van der Waals surface area (Å²) < 4.78 is 7.87. The molecule has 1 nitrogen and oxygen atoms in total. The van der Waals surface area contributed by atoms with Crippen LogP contribution in [0.25, 0.3) is 11.1 Å². The molecule has 0 spiro atoms. The van der Waals surface area contributed by atoms with Crippen LogP contribution in [0.15, 0.2) is 72.8 Å². The molecule has 0 heterocycles. The molecule has 1 saturated carbocycles. The van der Waals surface area contributed by atoms with Gasteiger partial charge in [0.2, 0.25) is 0 Å². The minimum absolute atomic E-state index is 0.189. The van der Waals surface area contributed by atoms with Crippen LogP contribution in [0.2, 0.25) is 4.22 Å². The summed E-state index contributed by atoms with van der Waals surface area (Å²) in [5.74, 6) is 0.351. The van der Waals surface area contributed by atoms with Gasteiger partial charge < -0.3 is 0 Å². The van der Waals surface area contributed by atoms with Crippen LogP contribution in [0.1, 0.15) is 53.9 Å². The van der Waals surface area contributed by atoms with Crippen molar-refractivity contribution in [2.75, 3.05) is 0 Å². The van der Waals surface area contributed by atoms with Crippen LogP contribution in [-0.4, -0.2) is 0 Å². The van der Waals surface area contributed by atoms with Crippen molar-refractivity contribution in [3.05, 3.63) is 95.1 Å². The van der Waals surface area contributed by atoms with Gasteiger partial charge in [0.1, 0.15) is 0 Å². The van der Waals surface area contributed by atoms with E-state index in [1.54, 1.807) is 0 Å². The molecule has 4 heteroatoms. The molecule has 3 aromatic rings. The van der Waals surface area contributed by atoms with E-state index < -0.39 is 13.4 Å². The second kappa shape index (κ2) is 7.80. The van der Waals surface area contributed by atoms with Crippen molar-refractivity contribution < 1.29 is 13.4 Å². The first-order valence-electron chi connectivity index (χ1n) is 11.0. The van der Waals surface area contributed by atoms with Crippen molar-refractivity contribution in [2.45, 2.75) is 47.0 Å². The van der Waals surface area contributed by atoms with Crippen LogP contribution in [0.4, 0.5) is 0 Å². The summed E-state index contributed by atoms with van der Waals surface area (Å²) in [6.45, 7) is 0. The Hall–Kier alpha value is -1.09. The predicted molar refractivity (Wildman–Crippen MR) is 126 cm³/mol. The van der Waals surface area contributed by atoms with Crippen LogP contribution < -0.4 is 4.22 Å². The van der Waals surface area contributed by atoms with E-state index in [2.05, 4.69) is 54.6 Å². The van der Waals surface area contributed by atoms with Gasteiger partial charge >= 0.3 is 189 Å². The molecule has 3 aromatic carbocycles. The van der Waals surface area contributed by atoms with E-state index in [0.29, 0.717) is 10.6 Å². The van der Waals surface area contributed by atoms with Gasteiger partial charge in [-0.15, -0.1) is 0 Å². The Morgan fingerprint density at radius 2 is 1.50 bits per heavy atom. The molecular weight excluding hydrogens is 445 g/mol. The van der Waals surface area contributed by atoms with Gasteiger partial charge in [-0.2, -0.15) is 0 Å². The molecule has 2 atom stereocenters. The predicted octanol–water partition coefficient (Wildman–Crippen LogP) is 7.78. The van der Waals surface area contributed by atoms with Crippen LogP contribution in [0.5, 0.6) is 0 Å². The zero-order valence-electron chi connectivity index (χ0n) is 17.2. The second-order valence-corrected chi connectivity index (χ2v) is 23.3. The van der Waals surface area contributed by atoms with E-state index in [-0.39, 0.29) is 4.22 Å². The zero-order chi connectivity index (χ0) is 20.8. The summed E-state index contributed by atoms with van der Waals surface area (Å²) in [6, 6.07) is 25.9. The topological polar surface area (TPSA) is 26.0 Å². The Bertz CT molecular complexity index is 1070. The van der Waals surface area contributed by atoms with Crippen LogP contribution in [-0.2, 0) is 24.6 Å². The molecule has 2 unspecified atom stereocenters. The molecule has 0 saturated heterocycles. The normalized spacial score (nSPS) is 22.0. The zero-order valence-corrected chi connectivity index (χ0v) is 20.2. The fourth-order valence-corrected chi connectivity index (χ4v) is 14.3. The Labute approximate surface area is 188 Å². The molecule has 2 aliphatic rings. The molecule has 2 N–H and O–H groups in total. The number of halogens is 2. The third-order valence-electron chi connectivity index (χ3n) is 7.19. The fraction of sp³-hybridized carbons (Fsp3) is 0.308. The summed E-state index contributed by atoms with van der Waals surface area (Å²) in [5.41, 5.74) is 8.23. The standard InChI is InChI=1S/C19H19.C7H7.2ClH.H2N.Ti/c1-2-7-14(8-3-1)16-11-6-12-18-17-10-5-4-9-15(17)13-19(16)18;1-7-5-3-2-4-6-7;;;;/h4-7,9-12,14H,1-3,8,13H2;2-6H,1H2;2*1H;1H2;/q;;;;-1;+3/p-2. The van der Waals surface area contributed by atoms with E-state index in [1.165, 1.54) is 40.7 Å². The Morgan fingerprint density at radius 3 is 2.33 bits per heavy atom. The van der Waals surface area contributed by atoms with E-state index in [1.807, 2.05) is 18.2 Å². The van der Waals surface area contributed by atoms with E-state index in [0.717, 1.165) is 24.8 Å². The van der Waals surface area contributed by atoms with Gasteiger partial charge in [-0.25, -0.2) is 0 Å². The van der Waals surface area contributed by atoms with Crippen molar-refractivity contribution in [3.63, 3.8) is 0 Å². The van der Waals surface area contributed by atoms with Gasteiger partial charge in [-0.05, 0) is 0 Å². The maximum atomic E-state index is 7.32. The second-order valence-electron chi connectivity index (χ2n) is 9.22. The van der Waals surface area contributed by atoms with Gasteiger partial charge in [0.05, 0.1) is 0 Å². The number of hydrogen-bond acceptors (Lipinski definition) is 1. The van der Waals surface area contributed by atoms with Gasteiger partial charge in [-0.3, -0.25) is 0 Å². The van der Waals surface area contributed by atoms with Gasteiger partial charge in [0.15, 0.2) is 0 Å². The van der Waals surface area contributed by atoms with Gasteiger partial charge in [0, 0.05) is 0 Å². The molecular formula is C26H28Cl2NTi. The van der Waals surface area contributed by atoms with Crippen molar-refractivity contribution in [1.82, 2.24) is 0 Å². The molecule has 0 bridgehead atoms. The summed E-state index contributed by atoms with van der Waals surface area (Å²) in [6.07, 6.45) is 5.55. The number of rotatable bonds is 4. The average Bonchev–Trinajstić information content (AvgIpc) is 3.13. The molecule has 1 fully saturated rings. The van der Waals surface area contributed by atoms with E-state index >= 15 is 0 Å². The van der Waals surface area contributed by atoms with Crippen LogP contribution >= 0.6 is 18.6 Å². The first-order valence-corrected chi connectivity index (χ1v) is 18.2. The summed E-state index contributed by atoms with van der Waals surface area (Å²) in [4.78, 5) is 0. The molecule has 155 valence electrons. The summed E-state index contributed by atoms with van der Waals surface area (Å²) in [5, 5.41) is 0. The summed E-state index contributed by atoms with van der Waals surface area (Å²) >= 11 is -4.26. The Kier molecular flexibility index (Phi) is 5.41. The summed E-state index contributed by atoms with van der Waals surface area (Å²) in [7, 11) is 14.6. The SMILES string of the molecule is [NH2][Ti]([Cl])([Cl])([CH2]c1ccccc1)[CH]1CCCCC1c1cccc2c1Cc1ccccc1-2. The van der Waals surface area contributed by atoms with Crippen LogP contribution in [0.3, 0.4) is 0 Å². The molecule has 2 aliphatic carbocycles. The third-order valence-corrected chi connectivity index (χ3v) is 15.7. The van der Waals surface area contributed by atoms with Gasteiger partial charge in [0.25, 0.3) is 0 Å². The van der Waals surface area contributed by atoms with Crippen LogP contribution in [0, 0.1) is 0 Å². The molecule has 30 heavy (non-hydrogen) atoms. The Morgan fingerprint density at radius 1 is 0.800 bits per heavy atom. The maximum absolute atomic E-state index is 7.32. The van der Waals surface area contributed by atoms with Crippen molar-refractivity contribution in [2.24, 2.45) is 4.22 Å². The Balaban J connectivity index is 1.54. The fourth-order valence-electron chi connectivity index (χ4n) is 5.85. The van der Waals surface area contributed by atoms with Crippen molar-refractivity contribution in [3.8, 4) is 11.1 Å².